The molecule has 2 fully saturated rings. The van der Waals surface area contributed by atoms with Crippen LogP contribution < -0.4 is 10.6 Å². The first kappa shape index (κ1) is 23.2. The Morgan fingerprint density at radius 3 is 1.90 bits per heavy atom. The van der Waals surface area contributed by atoms with Gasteiger partial charge in [-0.2, -0.15) is 0 Å². The predicted octanol–water partition coefficient (Wildman–Crippen LogP) is 7.87. The molecule has 0 aliphatic heterocycles. The topological polar surface area (TPSA) is 24.1 Å². The first-order chi connectivity index (χ1) is 14.0. The van der Waals surface area contributed by atoms with Crippen LogP contribution in [-0.2, 0) is 6.42 Å². The van der Waals surface area contributed by atoms with Gasteiger partial charge in [0.05, 0.1) is 0 Å². The van der Waals surface area contributed by atoms with Gasteiger partial charge in [0, 0.05) is 27.8 Å². The number of rotatable bonds is 9. The third kappa shape index (κ3) is 7.04. The summed E-state index contributed by atoms with van der Waals surface area (Å²) in [5.41, 5.74) is 2.15. The predicted molar refractivity (Wildman–Crippen MR) is 128 cm³/mol. The van der Waals surface area contributed by atoms with E-state index < -0.39 is 0 Å². The summed E-state index contributed by atoms with van der Waals surface area (Å²) in [6.07, 6.45) is 15.8. The average molecular weight is 440 g/mol. The molecule has 0 heterocycles. The van der Waals surface area contributed by atoms with Crippen molar-refractivity contribution in [1.29, 1.82) is 0 Å². The molecule has 0 bridgehead atoms. The molecule has 2 atom stereocenters. The number of anilines is 1. The first-order valence-electron chi connectivity index (χ1n) is 12.0. The van der Waals surface area contributed by atoms with Crippen LogP contribution in [0.3, 0.4) is 0 Å². The first-order valence-corrected chi connectivity index (χ1v) is 12.8. The zero-order valence-corrected chi connectivity index (χ0v) is 19.9. The van der Waals surface area contributed by atoms with Crippen LogP contribution in [0.25, 0.3) is 0 Å². The summed E-state index contributed by atoms with van der Waals surface area (Å²) in [6.45, 7) is 5.68. The minimum atomic E-state index is 0.471. The van der Waals surface area contributed by atoms with Crippen LogP contribution >= 0.6 is 23.2 Å². The van der Waals surface area contributed by atoms with Crippen LogP contribution in [0.15, 0.2) is 12.1 Å². The quantitative estimate of drug-likeness (QED) is 0.383. The number of halogens is 2. The summed E-state index contributed by atoms with van der Waals surface area (Å²) in [5, 5.41) is 9.00. The minimum absolute atomic E-state index is 0.471. The van der Waals surface area contributed by atoms with E-state index in [-0.39, 0.29) is 0 Å². The number of hydrogen-bond donors (Lipinski definition) is 2. The highest BCUT2D eigenvalue weighted by atomic mass is 35.5. The van der Waals surface area contributed by atoms with Gasteiger partial charge in [-0.05, 0) is 88.4 Å². The van der Waals surface area contributed by atoms with E-state index in [4.69, 9.17) is 23.2 Å². The maximum atomic E-state index is 6.62. The molecule has 1 aromatic carbocycles. The third-order valence-electron chi connectivity index (χ3n) is 7.32. The number of benzene rings is 1. The molecule has 0 amide bonds. The highest BCUT2D eigenvalue weighted by Gasteiger charge is 2.21. The molecule has 0 radical (unpaired) electrons. The molecule has 0 spiro atoms. The number of nitrogens with one attached hydrogen (secondary N) is 2. The Kier molecular flexibility index (Phi) is 9.47. The van der Waals surface area contributed by atoms with Crippen molar-refractivity contribution in [2.45, 2.75) is 103 Å². The molecule has 4 heteroatoms. The number of hydrogen-bond acceptors (Lipinski definition) is 2. The highest BCUT2D eigenvalue weighted by Crippen LogP contribution is 2.33. The Morgan fingerprint density at radius 1 is 0.828 bits per heavy atom. The molecule has 29 heavy (non-hydrogen) atoms. The molecule has 1 aromatic rings. The Hall–Kier alpha value is -0.440. The Morgan fingerprint density at radius 2 is 1.34 bits per heavy atom. The zero-order chi connectivity index (χ0) is 20.6. The van der Waals surface area contributed by atoms with Gasteiger partial charge in [-0.15, -0.1) is 0 Å². The molecule has 2 aliphatic rings. The van der Waals surface area contributed by atoms with Crippen LogP contribution in [0.5, 0.6) is 0 Å². The fraction of sp³-hybridized carbons (Fsp3) is 0.760. The Bertz CT molecular complexity index is 598. The van der Waals surface area contributed by atoms with Crippen molar-refractivity contribution in [2.24, 2.45) is 11.8 Å². The molecule has 2 nitrogen and oxygen atoms in total. The lowest BCUT2D eigenvalue weighted by Gasteiger charge is -2.29. The van der Waals surface area contributed by atoms with Crippen LogP contribution in [0, 0.1) is 11.8 Å². The molecular formula is C25H40Cl2N2. The summed E-state index contributed by atoms with van der Waals surface area (Å²) >= 11 is 13.2. The van der Waals surface area contributed by atoms with Crippen LogP contribution in [0.4, 0.5) is 5.69 Å². The van der Waals surface area contributed by atoms with Gasteiger partial charge in [0.1, 0.15) is 0 Å². The summed E-state index contributed by atoms with van der Waals surface area (Å²) in [5.74, 6) is 1.62. The molecule has 0 aromatic heterocycles. The van der Waals surface area contributed by atoms with Crippen molar-refractivity contribution in [1.82, 2.24) is 5.32 Å². The van der Waals surface area contributed by atoms with Gasteiger partial charge in [-0.25, -0.2) is 0 Å². The van der Waals surface area contributed by atoms with E-state index >= 15 is 0 Å². The molecule has 164 valence electrons. The summed E-state index contributed by atoms with van der Waals surface area (Å²) in [6, 6.07) is 5.23. The summed E-state index contributed by atoms with van der Waals surface area (Å²) < 4.78 is 0. The second-order valence-corrected chi connectivity index (χ2v) is 10.3. The van der Waals surface area contributed by atoms with Gasteiger partial charge in [0.15, 0.2) is 0 Å². The van der Waals surface area contributed by atoms with Crippen molar-refractivity contribution >= 4 is 28.9 Å². The van der Waals surface area contributed by atoms with Crippen molar-refractivity contribution in [3.8, 4) is 0 Å². The van der Waals surface area contributed by atoms with Crippen LogP contribution in [-0.4, -0.2) is 18.6 Å². The molecule has 2 saturated carbocycles. The van der Waals surface area contributed by atoms with Gasteiger partial charge in [0.2, 0.25) is 0 Å². The molecular weight excluding hydrogens is 399 g/mol. The average Bonchev–Trinajstić information content (AvgIpc) is 2.73. The van der Waals surface area contributed by atoms with Crippen molar-refractivity contribution in [3.63, 3.8) is 0 Å². The standard InChI is InChI=1S/C25H40Cl2N2/c1-18(20-10-5-3-6-11-20)28-15-9-14-23-24(26)16-22(17-25(23)27)29-19(2)21-12-7-4-8-13-21/h16-21,28-29H,3-15H2,1-2H3. The Labute approximate surface area is 188 Å². The van der Waals surface area contributed by atoms with E-state index in [1.54, 1.807) is 0 Å². The fourth-order valence-electron chi connectivity index (χ4n) is 5.34. The van der Waals surface area contributed by atoms with E-state index in [2.05, 4.69) is 36.6 Å². The Balaban J connectivity index is 1.46. The van der Waals surface area contributed by atoms with Crippen LogP contribution in [0.1, 0.15) is 90.0 Å². The highest BCUT2D eigenvalue weighted by molar-refractivity contribution is 6.36. The second kappa shape index (κ2) is 11.8. The minimum Gasteiger partial charge on any atom is -0.382 e. The van der Waals surface area contributed by atoms with Crippen molar-refractivity contribution < 1.29 is 0 Å². The normalized spacial score (nSPS) is 21.1. The SMILES string of the molecule is CC(NCCCc1c(Cl)cc(NC(C)C2CCCCC2)cc1Cl)C1CCCCC1. The lowest BCUT2D eigenvalue weighted by Crippen LogP contribution is -2.35. The van der Waals surface area contributed by atoms with Crippen molar-refractivity contribution in [3.05, 3.63) is 27.7 Å². The largest absolute Gasteiger partial charge is 0.382 e. The van der Waals surface area contributed by atoms with Gasteiger partial charge in [-0.3, -0.25) is 0 Å². The maximum Gasteiger partial charge on any atom is 0.0473 e. The van der Waals surface area contributed by atoms with E-state index in [1.807, 2.05) is 0 Å². The fourth-order valence-corrected chi connectivity index (χ4v) is 6.01. The van der Waals surface area contributed by atoms with Gasteiger partial charge in [-0.1, -0.05) is 61.7 Å². The third-order valence-corrected chi connectivity index (χ3v) is 7.99. The zero-order valence-electron chi connectivity index (χ0n) is 18.4. The van der Waals surface area contributed by atoms with E-state index in [9.17, 15) is 0 Å². The van der Waals surface area contributed by atoms with Crippen LogP contribution in [0.2, 0.25) is 10.0 Å². The lowest BCUT2D eigenvalue weighted by atomic mass is 9.84. The summed E-state index contributed by atoms with van der Waals surface area (Å²) in [7, 11) is 0. The summed E-state index contributed by atoms with van der Waals surface area (Å²) in [4.78, 5) is 0. The smallest absolute Gasteiger partial charge is 0.0473 e. The van der Waals surface area contributed by atoms with E-state index in [0.29, 0.717) is 12.1 Å². The van der Waals surface area contributed by atoms with E-state index in [0.717, 1.165) is 52.5 Å². The molecule has 0 saturated heterocycles. The van der Waals surface area contributed by atoms with Gasteiger partial charge >= 0.3 is 0 Å². The molecule has 2 aliphatic carbocycles. The maximum absolute atomic E-state index is 6.62. The monoisotopic (exact) mass is 438 g/mol. The molecule has 2 N–H and O–H groups in total. The van der Waals surface area contributed by atoms with Gasteiger partial charge in [0.25, 0.3) is 0 Å². The molecule has 3 rings (SSSR count). The van der Waals surface area contributed by atoms with Crippen molar-refractivity contribution in [2.75, 3.05) is 11.9 Å². The lowest BCUT2D eigenvalue weighted by molar-refractivity contribution is 0.281. The van der Waals surface area contributed by atoms with Gasteiger partial charge < -0.3 is 10.6 Å². The molecule has 2 unspecified atom stereocenters. The second-order valence-electron chi connectivity index (χ2n) is 9.49. The van der Waals surface area contributed by atoms with E-state index in [1.165, 1.54) is 64.2 Å².